The Morgan fingerprint density at radius 1 is 1.15 bits per heavy atom. The lowest BCUT2D eigenvalue weighted by Crippen LogP contribution is -2.49. The second-order valence-corrected chi connectivity index (χ2v) is 12.2. The Morgan fingerprint density at radius 2 is 2.00 bits per heavy atom. The fourth-order valence-corrected chi connectivity index (χ4v) is 7.95. The highest BCUT2D eigenvalue weighted by atomic mass is 33.1. The van der Waals surface area contributed by atoms with Gasteiger partial charge < -0.3 is 21.3 Å². The van der Waals surface area contributed by atoms with E-state index in [1.54, 1.807) is 11.3 Å². The van der Waals surface area contributed by atoms with Crippen molar-refractivity contribution in [2.24, 2.45) is 16.5 Å². The van der Waals surface area contributed by atoms with Gasteiger partial charge in [0.2, 0.25) is 5.91 Å². The van der Waals surface area contributed by atoms with Crippen LogP contribution in [0.2, 0.25) is 0 Å². The maximum atomic E-state index is 12.7. The van der Waals surface area contributed by atoms with E-state index >= 15 is 0 Å². The van der Waals surface area contributed by atoms with Gasteiger partial charge in [-0.1, -0.05) is 34.1 Å². The number of aliphatic imine (C=N–C) groups is 1. The minimum atomic E-state index is 0.302. The standard InChI is InChI=1S/C24H33N5OS3/c25-17-18-16-19(27-24(26)22-5-3-14-31-22)7-8-21(18)28-10-12-29(13-11-28)23(30)6-2-1-4-20-9-15-32-33-20/h3,5,7-8,14,16,20H,1-2,4,6,9-13,15,17,25H2,(H2,26,27). The smallest absolute Gasteiger partial charge is 0.222 e. The molecule has 1 aromatic carbocycles. The van der Waals surface area contributed by atoms with Crippen molar-refractivity contribution in [3.63, 3.8) is 0 Å². The molecule has 2 saturated heterocycles. The summed E-state index contributed by atoms with van der Waals surface area (Å²) < 4.78 is 0. The lowest BCUT2D eigenvalue weighted by molar-refractivity contribution is -0.131. The number of benzene rings is 1. The number of carbonyl (C=O) groups excluding carboxylic acids is 1. The van der Waals surface area contributed by atoms with Crippen molar-refractivity contribution in [2.75, 3.05) is 36.8 Å². The molecule has 4 rings (SSSR count). The summed E-state index contributed by atoms with van der Waals surface area (Å²) in [5, 5.41) is 2.79. The van der Waals surface area contributed by atoms with Gasteiger partial charge in [-0.25, -0.2) is 4.99 Å². The number of rotatable bonds is 9. The van der Waals surface area contributed by atoms with Crippen LogP contribution < -0.4 is 16.4 Å². The normalized spacial score (nSPS) is 19.3. The Kier molecular flexibility index (Phi) is 9.00. The number of carbonyl (C=O) groups is 1. The topological polar surface area (TPSA) is 87.9 Å². The number of hydrogen-bond donors (Lipinski definition) is 2. The molecule has 2 aliphatic heterocycles. The number of unbranched alkanes of at least 4 members (excludes halogenated alkanes) is 1. The van der Waals surface area contributed by atoms with Crippen LogP contribution in [0.4, 0.5) is 11.4 Å². The maximum Gasteiger partial charge on any atom is 0.222 e. The predicted octanol–water partition coefficient (Wildman–Crippen LogP) is 4.61. The number of amides is 1. The number of thiophene rings is 1. The van der Waals surface area contributed by atoms with Crippen LogP contribution in [0.5, 0.6) is 0 Å². The number of amidine groups is 1. The predicted molar refractivity (Wildman–Crippen MR) is 145 cm³/mol. The van der Waals surface area contributed by atoms with E-state index in [-0.39, 0.29) is 0 Å². The van der Waals surface area contributed by atoms with E-state index in [9.17, 15) is 4.79 Å². The summed E-state index contributed by atoms with van der Waals surface area (Å²) in [4.78, 5) is 22.5. The number of nitrogens with two attached hydrogens (primary N) is 2. The van der Waals surface area contributed by atoms with Crippen LogP contribution in [0.15, 0.2) is 40.7 Å². The number of anilines is 1. The third-order valence-corrected chi connectivity index (χ3v) is 10.1. The van der Waals surface area contributed by atoms with Gasteiger partial charge in [0, 0.05) is 55.8 Å². The number of nitrogens with zero attached hydrogens (tertiary/aromatic N) is 3. The third kappa shape index (κ3) is 6.68. The van der Waals surface area contributed by atoms with Crippen molar-refractivity contribution in [3.8, 4) is 0 Å². The van der Waals surface area contributed by atoms with Crippen molar-refractivity contribution < 1.29 is 4.79 Å². The fourth-order valence-electron chi connectivity index (χ4n) is 4.30. The highest BCUT2D eigenvalue weighted by Gasteiger charge is 2.23. The summed E-state index contributed by atoms with van der Waals surface area (Å²) in [5.41, 5.74) is 15.2. The van der Waals surface area contributed by atoms with Gasteiger partial charge in [0.15, 0.2) is 0 Å². The summed E-state index contributed by atoms with van der Waals surface area (Å²) >= 11 is 1.58. The third-order valence-electron chi connectivity index (χ3n) is 6.17. The molecule has 178 valence electrons. The Bertz CT molecular complexity index is 936. The Hall–Kier alpha value is -1.68. The first kappa shape index (κ1) is 24.4. The monoisotopic (exact) mass is 503 g/mol. The first-order valence-corrected chi connectivity index (χ1v) is 14.9. The van der Waals surface area contributed by atoms with Crippen LogP contribution in [0, 0.1) is 0 Å². The van der Waals surface area contributed by atoms with Gasteiger partial charge >= 0.3 is 0 Å². The zero-order valence-electron chi connectivity index (χ0n) is 18.9. The van der Waals surface area contributed by atoms with Gasteiger partial charge in [-0.15, -0.1) is 11.3 Å². The molecular weight excluding hydrogens is 470 g/mol. The molecule has 1 amide bonds. The molecule has 1 aromatic heterocycles. The SMILES string of the molecule is NCc1cc(N=C(N)c2cccs2)ccc1N1CCN(C(=O)CCCCC2CCSS2)CC1. The zero-order valence-corrected chi connectivity index (χ0v) is 21.4. The average molecular weight is 504 g/mol. The summed E-state index contributed by atoms with van der Waals surface area (Å²) in [5.74, 6) is 2.11. The average Bonchev–Trinajstić information content (AvgIpc) is 3.56. The second kappa shape index (κ2) is 12.1. The van der Waals surface area contributed by atoms with Crippen LogP contribution in [0.25, 0.3) is 0 Å². The Morgan fingerprint density at radius 3 is 2.70 bits per heavy atom. The van der Waals surface area contributed by atoms with Gasteiger partial charge in [-0.05, 0) is 54.5 Å². The van der Waals surface area contributed by atoms with Gasteiger partial charge in [0.05, 0.1) is 10.6 Å². The molecule has 3 heterocycles. The molecule has 9 heteroatoms. The number of piperazine rings is 1. The minimum Gasteiger partial charge on any atom is -0.383 e. The van der Waals surface area contributed by atoms with Gasteiger partial charge in [-0.3, -0.25) is 4.79 Å². The van der Waals surface area contributed by atoms with Gasteiger partial charge in [0.25, 0.3) is 0 Å². The van der Waals surface area contributed by atoms with E-state index in [1.165, 1.54) is 18.6 Å². The highest BCUT2D eigenvalue weighted by Crippen LogP contribution is 2.40. The van der Waals surface area contributed by atoms with Crippen molar-refractivity contribution in [1.82, 2.24) is 4.90 Å². The molecule has 1 atom stereocenters. The molecule has 1 unspecified atom stereocenters. The summed E-state index contributed by atoms with van der Waals surface area (Å²) in [6.45, 7) is 3.63. The molecule has 0 spiro atoms. The highest BCUT2D eigenvalue weighted by molar-refractivity contribution is 8.77. The van der Waals surface area contributed by atoms with Crippen molar-refractivity contribution >= 4 is 56.0 Å². The summed E-state index contributed by atoms with van der Waals surface area (Å²) in [7, 11) is 4.02. The van der Waals surface area contributed by atoms with E-state index in [0.717, 1.165) is 66.1 Å². The molecule has 0 aliphatic carbocycles. The lowest BCUT2D eigenvalue weighted by atomic mass is 10.1. The van der Waals surface area contributed by atoms with Crippen molar-refractivity contribution in [1.29, 1.82) is 0 Å². The second-order valence-electron chi connectivity index (χ2n) is 8.43. The molecular formula is C24H33N5OS3. The zero-order chi connectivity index (χ0) is 23.0. The first-order valence-electron chi connectivity index (χ1n) is 11.7. The van der Waals surface area contributed by atoms with Crippen LogP contribution in [0.1, 0.15) is 42.5 Å². The van der Waals surface area contributed by atoms with Crippen LogP contribution in [-0.4, -0.2) is 53.8 Å². The molecule has 0 saturated carbocycles. The van der Waals surface area contributed by atoms with Crippen LogP contribution in [0.3, 0.4) is 0 Å². The van der Waals surface area contributed by atoms with Crippen molar-refractivity contribution in [3.05, 3.63) is 46.2 Å². The maximum absolute atomic E-state index is 12.7. The van der Waals surface area contributed by atoms with Crippen LogP contribution in [-0.2, 0) is 11.3 Å². The fraction of sp³-hybridized carbons (Fsp3) is 0.500. The molecule has 0 bridgehead atoms. The Balaban J connectivity index is 1.28. The van der Waals surface area contributed by atoms with Crippen molar-refractivity contribution in [2.45, 2.75) is 43.9 Å². The molecule has 4 N–H and O–H groups in total. The molecule has 6 nitrogen and oxygen atoms in total. The van der Waals surface area contributed by atoms with E-state index in [2.05, 4.69) is 16.0 Å². The molecule has 2 aliphatic rings. The van der Waals surface area contributed by atoms with E-state index in [0.29, 0.717) is 24.7 Å². The summed E-state index contributed by atoms with van der Waals surface area (Å²) in [6, 6.07) is 10.0. The molecule has 0 radical (unpaired) electrons. The minimum absolute atomic E-state index is 0.302. The number of hydrogen-bond acceptors (Lipinski definition) is 7. The van der Waals surface area contributed by atoms with E-state index < -0.39 is 0 Å². The van der Waals surface area contributed by atoms with Gasteiger partial charge in [-0.2, -0.15) is 0 Å². The molecule has 2 aromatic rings. The van der Waals surface area contributed by atoms with Crippen LogP contribution >= 0.6 is 32.9 Å². The molecule has 33 heavy (non-hydrogen) atoms. The first-order chi connectivity index (χ1) is 16.1. The van der Waals surface area contributed by atoms with Gasteiger partial charge in [0.1, 0.15) is 5.84 Å². The van der Waals surface area contributed by atoms with E-state index in [4.69, 9.17) is 11.5 Å². The quantitative estimate of drug-likeness (QED) is 0.225. The largest absolute Gasteiger partial charge is 0.383 e. The van der Waals surface area contributed by atoms with E-state index in [1.807, 2.05) is 56.1 Å². The summed E-state index contributed by atoms with van der Waals surface area (Å²) in [6.07, 6.45) is 5.42. The Labute approximate surface area is 208 Å². The molecule has 2 fully saturated rings. The lowest BCUT2D eigenvalue weighted by Gasteiger charge is -2.37.